The number of hydrogen-bond donors (Lipinski definition) is 2. The maximum atomic E-state index is 12.6. The number of likely N-dealkylation sites (tertiary alicyclic amines) is 1. The van der Waals surface area contributed by atoms with Crippen LogP contribution < -0.4 is 5.32 Å². The number of rotatable bonds is 5. The Hall–Kier alpha value is -2.57. The van der Waals surface area contributed by atoms with E-state index in [0.29, 0.717) is 29.8 Å². The molecule has 2 aromatic rings. The molecule has 7 heteroatoms. The summed E-state index contributed by atoms with van der Waals surface area (Å²) in [4.78, 5) is 26.8. The molecule has 0 atom stereocenters. The van der Waals surface area contributed by atoms with Crippen molar-refractivity contribution in [2.75, 3.05) is 13.1 Å². The van der Waals surface area contributed by atoms with E-state index in [0.717, 1.165) is 44.5 Å². The van der Waals surface area contributed by atoms with Gasteiger partial charge in [0.25, 0.3) is 5.91 Å². The fraction of sp³-hybridized carbons (Fsp3) is 0.550. The number of H-pyrrole nitrogens is 1. The zero-order valence-corrected chi connectivity index (χ0v) is 15.4. The van der Waals surface area contributed by atoms with Crippen molar-refractivity contribution in [2.24, 2.45) is 5.92 Å². The molecule has 1 aliphatic carbocycles. The Balaban J connectivity index is 1.28. The summed E-state index contributed by atoms with van der Waals surface area (Å²) in [6.07, 6.45) is 7.88. The van der Waals surface area contributed by atoms with Crippen LogP contribution in [0, 0.1) is 5.92 Å². The zero-order valence-electron chi connectivity index (χ0n) is 15.4. The molecule has 27 heavy (non-hydrogen) atoms. The second-order valence-electron chi connectivity index (χ2n) is 7.55. The van der Waals surface area contributed by atoms with Gasteiger partial charge in [-0.2, -0.15) is 5.10 Å². The Bertz CT molecular complexity index is 769. The van der Waals surface area contributed by atoms with Crippen LogP contribution in [0.15, 0.2) is 28.9 Å². The van der Waals surface area contributed by atoms with E-state index in [1.807, 2.05) is 17.0 Å². The number of nitrogens with zero attached hydrogens (tertiary/aromatic N) is 2. The highest BCUT2D eigenvalue weighted by Gasteiger charge is 2.31. The van der Waals surface area contributed by atoms with E-state index in [1.54, 1.807) is 12.3 Å². The van der Waals surface area contributed by atoms with Crippen LogP contribution in [-0.4, -0.2) is 40.0 Å². The van der Waals surface area contributed by atoms with Crippen molar-refractivity contribution in [3.8, 4) is 0 Å². The van der Waals surface area contributed by atoms with Gasteiger partial charge in [-0.25, -0.2) is 0 Å². The van der Waals surface area contributed by atoms with Crippen LogP contribution in [0.1, 0.15) is 66.4 Å². The highest BCUT2D eigenvalue weighted by molar-refractivity contribution is 5.92. The second-order valence-corrected chi connectivity index (χ2v) is 7.55. The molecule has 2 aliphatic rings. The van der Waals surface area contributed by atoms with Gasteiger partial charge in [-0.1, -0.05) is 12.8 Å². The highest BCUT2D eigenvalue weighted by Crippen LogP contribution is 2.31. The molecule has 0 radical (unpaired) electrons. The average Bonchev–Trinajstić information content (AvgIpc) is 3.48. The maximum Gasteiger partial charge on any atom is 0.272 e. The Morgan fingerprint density at radius 2 is 2.00 bits per heavy atom. The van der Waals surface area contributed by atoms with E-state index in [4.69, 9.17) is 4.42 Å². The number of amides is 2. The average molecular weight is 370 g/mol. The van der Waals surface area contributed by atoms with Crippen molar-refractivity contribution in [3.63, 3.8) is 0 Å². The molecule has 0 bridgehead atoms. The van der Waals surface area contributed by atoms with Gasteiger partial charge in [0.05, 0.1) is 12.8 Å². The SMILES string of the molecule is O=C(NCc1ccco1)c1cc(C2CCN(C(=O)C3CCCC3)CC2)[nH]n1. The number of aromatic nitrogens is 2. The van der Waals surface area contributed by atoms with Gasteiger partial charge >= 0.3 is 0 Å². The van der Waals surface area contributed by atoms with E-state index in [9.17, 15) is 9.59 Å². The standard InChI is InChI=1S/C20H26N4O3/c25-19(21-13-16-6-3-11-27-16)18-12-17(22-23-18)14-7-9-24(10-8-14)20(26)15-4-1-2-5-15/h3,6,11-12,14-15H,1-2,4-5,7-10,13H2,(H,21,25)(H,22,23). The lowest BCUT2D eigenvalue weighted by Crippen LogP contribution is -2.40. The number of furan rings is 1. The normalized spacial score (nSPS) is 18.7. The Labute approximate surface area is 158 Å². The van der Waals surface area contributed by atoms with Crippen molar-refractivity contribution in [2.45, 2.75) is 51.0 Å². The maximum absolute atomic E-state index is 12.6. The molecule has 0 aromatic carbocycles. The fourth-order valence-electron chi connectivity index (χ4n) is 4.18. The third-order valence-electron chi connectivity index (χ3n) is 5.78. The summed E-state index contributed by atoms with van der Waals surface area (Å²) in [5.41, 5.74) is 1.37. The first-order chi connectivity index (χ1) is 13.2. The van der Waals surface area contributed by atoms with Crippen LogP contribution in [0.4, 0.5) is 0 Å². The number of carbonyl (C=O) groups is 2. The van der Waals surface area contributed by atoms with Crippen LogP contribution in [-0.2, 0) is 11.3 Å². The number of nitrogens with one attached hydrogen (secondary N) is 2. The first-order valence-corrected chi connectivity index (χ1v) is 9.85. The van der Waals surface area contributed by atoms with E-state index < -0.39 is 0 Å². The quantitative estimate of drug-likeness (QED) is 0.847. The summed E-state index contributed by atoms with van der Waals surface area (Å²) in [6.45, 7) is 1.92. The summed E-state index contributed by atoms with van der Waals surface area (Å²) in [5, 5.41) is 9.97. The smallest absolute Gasteiger partial charge is 0.272 e. The molecule has 4 rings (SSSR count). The number of aromatic amines is 1. The summed E-state index contributed by atoms with van der Waals surface area (Å²) in [7, 11) is 0. The van der Waals surface area contributed by atoms with Crippen molar-refractivity contribution in [3.05, 3.63) is 41.6 Å². The highest BCUT2D eigenvalue weighted by atomic mass is 16.3. The Morgan fingerprint density at radius 3 is 2.70 bits per heavy atom. The number of piperidine rings is 1. The predicted molar refractivity (Wildman–Crippen MR) is 99.0 cm³/mol. The van der Waals surface area contributed by atoms with Crippen LogP contribution in [0.25, 0.3) is 0 Å². The van der Waals surface area contributed by atoms with Gasteiger partial charge in [0.1, 0.15) is 11.5 Å². The molecule has 2 aromatic heterocycles. The zero-order chi connectivity index (χ0) is 18.6. The molecule has 144 valence electrons. The van der Waals surface area contributed by atoms with Crippen molar-refractivity contribution in [1.82, 2.24) is 20.4 Å². The van der Waals surface area contributed by atoms with E-state index >= 15 is 0 Å². The lowest BCUT2D eigenvalue weighted by atomic mass is 9.92. The molecule has 2 N–H and O–H groups in total. The fourth-order valence-corrected chi connectivity index (χ4v) is 4.18. The minimum absolute atomic E-state index is 0.220. The van der Waals surface area contributed by atoms with Gasteiger partial charge in [0, 0.05) is 30.6 Å². The van der Waals surface area contributed by atoms with Gasteiger partial charge in [-0.05, 0) is 43.9 Å². The van der Waals surface area contributed by atoms with Crippen LogP contribution in [0.5, 0.6) is 0 Å². The van der Waals surface area contributed by atoms with Gasteiger partial charge < -0.3 is 14.6 Å². The minimum atomic E-state index is -0.220. The molecule has 7 nitrogen and oxygen atoms in total. The second kappa shape index (κ2) is 7.98. The summed E-state index contributed by atoms with van der Waals surface area (Å²) in [6, 6.07) is 5.44. The minimum Gasteiger partial charge on any atom is -0.467 e. The molecule has 2 fully saturated rings. The predicted octanol–water partition coefficient (Wildman–Crippen LogP) is 2.83. The van der Waals surface area contributed by atoms with Crippen LogP contribution in [0.3, 0.4) is 0 Å². The number of carbonyl (C=O) groups excluding carboxylic acids is 2. The monoisotopic (exact) mass is 370 g/mol. The van der Waals surface area contributed by atoms with Gasteiger partial charge in [-0.3, -0.25) is 14.7 Å². The number of hydrogen-bond acceptors (Lipinski definition) is 4. The van der Waals surface area contributed by atoms with Crippen molar-refractivity contribution >= 4 is 11.8 Å². The lowest BCUT2D eigenvalue weighted by molar-refractivity contribution is -0.136. The molecular weight excluding hydrogens is 344 g/mol. The first-order valence-electron chi connectivity index (χ1n) is 9.85. The lowest BCUT2D eigenvalue weighted by Gasteiger charge is -2.33. The van der Waals surface area contributed by atoms with Gasteiger partial charge in [0.15, 0.2) is 0 Å². The van der Waals surface area contributed by atoms with Gasteiger partial charge in [0.2, 0.25) is 5.91 Å². The molecule has 0 spiro atoms. The van der Waals surface area contributed by atoms with Crippen molar-refractivity contribution < 1.29 is 14.0 Å². The van der Waals surface area contributed by atoms with E-state index in [2.05, 4.69) is 15.5 Å². The summed E-state index contributed by atoms with van der Waals surface area (Å²) < 4.78 is 5.21. The van der Waals surface area contributed by atoms with Gasteiger partial charge in [-0.15, -0.1) is 0 Å². The van der Waals surface area contributed by atoms with Crippen LogP contribution >= 0.6 is 0 Å². The largest absolute Gasteiger partial charge is 0.467 e. The summed E-state index contributed by atoms with van der Waals surface area (Å²) in [5.74, 6) is 1.39. The molecule has 2 amide bonds. The first kappa shape index (κ1) is 17.8. The molecule has 0 unspecified atom stereocenters. The molecule has 3 heterocycles. The van der Waals surface area contributed by atoms with Crippen molar-refractivity contribution in [1.29, 1.82) is 0 Å². The third-order valence-corrected chi connectivity index (χ3v) is 5.78. The topological polar surface area (TPSA) is 91.2 Å². The van der Waals surface area contributed by atoms with Crippen LogP contribution in [0.2, 0.25) is 0 Å². The third kappa shape index (κ3) is 4.07. The molecule has 1 aliphatic heterocycles. The molecule has 1 saturated heterocycles. The summed E-state index contributed by atoms with van der Waals surface area (Å²) >= 11 is 0. The van der Waals surface area contributed by atoms with E-state index in [1.165, 1.54) is 12.8 Å². The Kier molecular flexibility index (Phi) is 5.27. The molecular formula is C20H26N4O3. The Morgan fingerprint density at radius 1 is 1.22 bits per heavy atom. The molecule has 1 saturated carbocycles. The van der Waals surface area contributed by atoms with E-state index in [-0.39, 0.29) is 11.8 Å².